The van der Waals surface area contributed by atoms with Crippen LogP contribution in [0.4, 0.5) is 0 Å². The molecule has 0 unspecified atom stereocenters. The summed E-state index contributed by atoms with van der Waals surface area (Å²) in [6.45, 7) is 13.3. The van der Waals surface area contributed by atoms with Crippen molar-refractivity contribution >= 4 is 0 Å². The van der Waals surface area contributed by atoms with E-state index in [0.717, 1.165) is 19.6 Å². The SMILES string of the molecule is CCC.CCN.CCNCC. The van der Waals surface area contributed by atoms with E-state index in [1.807, 2.05) is 6.92 Å². The molecular weight excluding hydrogens is 136 g/mol. The van der Waals surface area contributed by atoms with Gasteiger partial charge in [0.1, 0.15) is 0 Å². The lowest BCUT2D eigenvalue weighted by atomic mass is 10.6. The van der Waals surface area contributed by atoms with Crippen LogP contribution >= 0.6 is 0 Å². The molecule has 0 rings (SSSR count). The highest BCUT2D eigenvalue weighted by molar-refractivity contribution is 4.27. The first-order valence-corrected chi connectivity index (χ1v) is 4.65. The van der Waals surface area contributed by atoms with Crippen LogP contribution in [-0.4, -0.2) is 19.6 Å². The summed E-state index contributed by atoms with van der Waals surface area (Å²) >= 11 is 0. The van der Waals surface area contributed by atoms with Crippen LogP contribution in [0.5, 0.6) is 0 Å². The van der Waals surface area contributed by atoms with Crippen LogP contribution in [0, 0.1) is 0 Å². The van der Waals surface area contributed by atoms with Crippen molar-refractivity contribution in [2.75, 3.05) is 19.6 Å². The van der Waals surface area contributed by atoms with E-state index >= 15 is 0 Å². The Hall–Kier alpha value is -0.0800. The van der Waals surface area contributed by atoms with Gasteiger partial charge in [0.05, 0.1) is 0 Å². The van der Waals surface area contributed by atoms with Crippen molar-refractivity contribution < 1.29 is 0 Å². The van der Waals surface area contributed by atoms with Crippen LogP contribution in [0.2, 0.25) is 0 Å². The Morgan fingerprint density at radius 2 is 1.09 bits per heavy atom. The van der Waals surface area contributed by atoms with Crippen LogP contribution in [-0.2, 0) is 0 Å². The molecule has 0 amide bonds. The van der Waals surface area contributed by atoms with Gasteiger partial charge in [-0.15, -0.1) is 0 Å². The first kappa shape index (κ1) is 17.1. The molecule has 0 saturated carbocycles. The molecule has 0 radical (unpaired) electrons. The van der Waals surface area contributed by atoms with Crippen molar-refractivity contribution in [3.8, 4) is 0 Å². The van der Waals surface area contributed by atoms with Gasteiger partial charge in [-0.05, 0) is 19.6 Å². The molecule has 0 aromatic rings. The van der Waals surface area contributed by atoms with Crippen molar-refractivity contribution in [3.05, 3.63) is 0 Å². The molecule has 0 aromatic carbocycles. The first-order valence-electron chi connectivity index (χ1n) is 4.65. The summed E-state index contributed by atoms with van der Waals surface area (Å²) in [6.07, 6.45) is 1.25. The lowest BCUT2D eigenvalue weighted by Crippen LogP contribution is -2.09. The van der Waals surface area contributed by atoms with Gasteiger partial charge in [0.25, 0.3) is 0 Å². The van der Waals surface area contributed by atoms with E-state index in [0.29, 0.717) is 0 Å². The summed E-state index contributed by atoms with van der Waals surface area (Å²) in [4.78, 5) is 0. The smallest absolute Gasteiger partial charge is 0.00775 e. The van der Waals surface area contributed by atoms with Crippen LogP contribution in [0.1, 0.15) is 41.0 Å². The van der Waals surface area contributed by atoms with Crippen LogP contribution in [0.3, 0.4) is 0 Å². The fourth-order valence-electron chi connectivity index (χ4n) is 0.250. The topological polar surface area (TPSA) is 38.0 Å². The maximum absolute atomic E-state index is 4.85. The highest BCUT2D eigenvalue weighted by Crippen LogP contribution is 1.56. The average Bonchev–Trinajstić information content (AvgIpc) is 1.92. The highest BCUT2D eigenvalue weighted by atomic mass is 14.8. The largest absolute Gasteiger partial charge is 0.331 e. The summed E-state index contributed by atoms with van der Waals surface area (Å²) in [5.41, 5.74) is 4.85. The van der Waals surface area contributed by atoms with E-state index in [2.05, 4.69) is 33.0 Å². The molecule has 0 bridgehead atoms. The molecule has 3 N–H and O–H groups in total. The highest BCUT2D eigenvalue weighted by Gasteiger charge is 1.62. The Morgan fingerprint density at radius 3 is 1.09 bits per heavy atom. The zero-order valence-electron chi connectivity index (χ0n) is 8.91. The van der Waals surface area contributed by atoms with Crippen molar-refractivity contribution in [1.82, 2.24) is 5.32 Å². The van der Waals surface area contributed by atoms with Gasteiger partial charge in [-0.25, -0.2) is 0 Å². The predicted molar refractivity (Wildman–Crippen MR) is 54.9 cm³/mol. The molecule has 0 aromatic heterocycles. The monoisotopic (exact) mass is 162 g/mol. The maximum atomic E-state index is 4.85. The second-order valence-corrected chi connectivity index (χ2v) is 2.07. The second-order valence-electron chi connectivity index (χ2n) is 2.07. The van der Waals surface area contributed by atoms with Crippen LogP contribution < -0.4 is 11.1 Å². The normalized spacial score (nSPS) is 7.09. The quantitative estimate of drug-likeness (QED) is 0.652. The van der Waals surface area contributed by atoms with Gasteiger partial charge in [-0.3, -0.25) is 0 Å². The number of nitrogens with one attached hydrogen (secondary N) is 1. The van der Waals surface area contributed by atoms with Gasteiger partial charge in [0.15, 0.2) is 0 Å². The summed E-state index contributed by atoms with van der Waals surface area (Å²) in [7, 11) is 0. The van der Waals surface area contributed by atoms with E-state index < -0.39 is 0 Å². The van der Waals surface area contributed by atoms with Crippen LogP contribution in [0.15, 0.2) is 0 Å². The van der Waals surface area contributed by atoms with Gasteiger partial charge in [-0.1, -0.05) is 41.0 Å². The van der Waals surface area contributed by atoms with Gasteiger partial charge >= 0.3 is 0 Å². The Bertz CT molecular complexity index is 26.7. The van der Waals surface area contributed by atoms with Crippen molar-refractivity contribution in [3.63, 3.8) is 0 Å². The zero-order valence-corrected chi connectivity index (χ0v) is 8.91. The van der Waals surface area contributed by atoms with Crippen LogP contribution in [0.25, 0.3) is 0 Å². The summed E-state index contributed by atoms with van der Waals surface area (Å²) in [5, 5.41) is 3.11. The van der Waals surface area contributed by atoms with Crippen molar-refractivity contribution in [2.45, 2.75) is 41.0 Å². The molecule has 11 heavy (non-hydrogen) atoms. The average molecular weight is 162 g/mol. The molecule has 0 aliphatic heterocycles. The second kappa shape index (κ2) is 32.6. The first-order chi connectivity index (χ1) is 5.24. The van der Waals surface area contributed by atoms with Gasteiger partial charge in [0.2, 0.25) is 0 Å². The maximum Gasteiger partial charge on any atom is -0.00775 e. The van der Waals surface area contributed by atoms with E-state index in [-0.39, 0.29) is 0 Å². The minimum Gasteiger partial charge on any atom is -0.331 e. The zero-order chi connectivity index (χ0) is 9.54. The third-order valence-electron chi connectivity index (χ3n) is 0.500. The van der Waals surface area contributed by atoms with Gasteiger partial charge in [-0.2, -0.15) is 0 Å². The fourth-order valence-corrected chi connectivity index (χ4v) is 0.250. The van der Waals surface area contributed by atoms with Gasteiger partial charge in [0, 0.05) is 0 Å². The standard InChI is InChI=1S/C4H11N.C3H8.C2H7N/c1-3-5-4-2;1-3-2;1-2-3/h5H,3-4H2,1-2H3;3H2,1-2H3;2-3H2,1H3. The molecule has 2 nitrogen and oxygen atoms in total. The van der Waals surface area contributed by atoms with E-state index in [1.165, 1.54) is 6.42 Å². The molecule has 0 aliphatic carbocycles. The predicted octanol–water partition coefficient (Wildman–Crippen LogP) is 2.00. The molecule has 0 spiro atoms. The lowest BCUT2D eigenvalue weighted by molar-refractivity contribution is 0.762. The van der Waals surface area contributed by atoms with Crippen molar-refractivity contribution in [2.24, 2.45) is 5.73 Å². The van der Waals surface area contributed by atoms with E-state index in [1.54, 1.807) is 0 Å². The molecule has 2 heteroatoms. The summed E-state index contributed by atoms with van der Waals surface area (Å²) in [5.74, 6) is 0. The molecule has 0 saturated heterocycles. The Morgan fingerprint density at radius 1 is 0.909 bits per heavy atom. The minimum absolute atomic E-state index is 0.750. The Kier molecular flexibility index (Phi) is 50.8. The summed E-state index contributed by atoms with van der Waals surface area (Å²) < 4.78 is 0. The fraction of sp³-hybridized carbons (Fsp3) is 1.00. The molecule has 0 aliphatic rings. The summed E-state index contributed by atoms with van der Waals surface area (Å²) in [6, 6.07) is 0. The number of hydrogen-bond donors (Lipinski definition) is 2. The molecule has 0 fully saturated rings. The van der Waals surface area contributed by atoms with E-state index in [4.69, 9.17) is 5.73 Å². The number of rotatable bonds is 2. The van der Waals surface area contributed by atoms with Crippen molar-refractivity contribution in [1.29, 1.82) is 0 Å². The van der Waals surface area contributed by atoms with E-state index in [9.17, 15) is 0 Å². The van der Waals surface area contributed by atoms with Gasteiger partial charge < -0.3 is 11.1 Å². The number of nitrogens with two attached hydrogens (primary N) is 1. The molecular formula is C9H26N2. The minimum atomic E-state index is 0.750. The lowest BCUT2D eigenvalue weighted by Gasteiger charge is -1.86. The Labute approximate surface area is 72.6 Å². The third-order valence-corrected chi connectivity index (χ3v) is 0.500. The third kappa shape index (κ3) is 169. The molecule has 0 atom stereocenters. The Balaban J connectivity index is -0.0000000933. The molecule has 72 valence electrons. The number of hydrogen-bond acceptors (Lipinski definition) is 2. The molecule has 0 heterocycles.